The lowest BCUT2D eigenvalue weighted by atomic mass is 9.77. The largest absolute Gasteiger partial charge is 0.380 e. The lowest BCUT2D eigenvalue weighted by molar-refractivity contribution is -0.150. The van der Waals surface area contributed by atoms with E-state index in [1.807, 2.05) is 0 Å². The molecule has 2 fully saturated rings. The van der Waals surface area contributed by atoms with Gasteiger partial charge in [-0.3, -0.25) is 0 Å². The summed E-state index contributed by atoms with van der Waals surface area (Å²) in [6.07, 6.45) is 4.77. The summed E-state index contributed by atoms with van der Waals surface area (Å²) in [4.78, 5) is 0. The van der Waals surface area contributed by atoms with E-state index in [4.69, 9.17) is 18.9 Å². The number of benzene rings is 1. The van der Waals surface area contributed by atoms with Crippen LogP contribution in [0.3, 0.4) is 0 Å². The highest BCUT2D eigenvalue weighted by atomic mass is 16.5. The lowest BCUT2D eigenvalue weighted by Gasteiger charge is -2.42. The molecular formula is C25H40O4. The van der Waals surface area contributed by atoms with Crippen molar-refractivity contribution in [3.05, 3.63) is 35.4 Å². The van der Waals surface area contributed by atoms with E-state index < -0.39 is 0 Å². The van der Waals surface area contributed by atoms with Crippen LogP contribution < -0.4 is 0 Å². The topological polar surface area (TPSA) is 36.9 Å². The van der Waals surface area contributed by atoms with Gasteiger partial charge in [0.05, 0.1) is 52.4 Å². The summed E-state index contributed by atoms with van der Waals surface area (Å²) in [5.74, 6) is 0.395. The van der Waals surface area contributed by atoms with Gasteiger partial charge >= 0.3 is 0 Å². The minimum absolute atomic E-state index is 0.263. The predicted octanol–water partition coefficient (Wildman–Crippen LogP) is 5.35. The Bertz CT molecular complexity index is 593. The average Bonchev–Trinajstić information content (AvgIpc) is 2.69. The van der Waals surface area contributed by atoms with E-state index in [1.165, 1.54) is 17.5 Å². The smallest absolute Gasteiger partial charge is 0.0720 e. The maximum absolute atomic E-state index is 6.25. The zero-order chi connectivity index (χ0) is 20.7. The molecule has 0 radical (unpaired) electrons. The molecule has 0 spiro atoms. The number of rotatable bonds is 13. The summed E-state index contributed by atoms with van der Waals surface area (Å²) in [7, 11) is 0. The Morgan fingerprint density at radius 3 is 2.03 bits per heavy atom. The van der Waals surface area contributed by atoms with Crippen molar-refractivity contribution in [3.63, 3.8) is 0 Å². The van der Waals surface area contributed by atoms with E-state index in [1.54, 1.807) is 0 Å². The molecule has 0 amide bonds. The van der Waals surface area contributed by atoms with Crippen LogP contribution in [0.25, 0.3) is 0 Å². The predicted molar refractivity (Wildman–Crippen MR) is 116 cm³/mol. The highest BCUT2D eigenvalue weighted by Gasteiger charge is 2.39. The van der Waals surface area contributed by atoms with Crippen LogP contribution in [0.1, 0.15) is 70.4 Å². The maximum Gasteiger partial charge on any atom is 0.0720 e. The summed E-state index contributed by atoms with van der Waals surface area (Å²) < 4.78 is 23.1. The summed E-state index contributed by atoms with van der Waals surface area (Å²) in [5, 5.41) is 0. The van der Waals surface area contributed by atoms with Crippen molar-refractivity contribution in [2.75, 3.05) is 39.6 Å². The van der Waals surface area contributed by atoms with E-state index in [2.05, 4.69) is 52.0 Å². The Balaban J connectivity index is 1.41. The van der Waals surface area contributed by atoms with Crippen LogP contribution in [0.15, 0.2) is 24.3 Å². The fraction of sp³-hybridized carbons (Fsp3) is 0.760. The molecule has 0 saturated carbocycles. The molecule has 2 aliphatic rings. The maximum atomic E-state index is 6.25. The molecule has 2 unspecified atom stereocenters. The first-order valence-corrected chi connectivity index (χ1v) is 11.5. The molecule has 2 heterocycles. The van der Waals surface area contributed by atoms with Gasteiger partial charge in [0, 0.05) is 16.7 Å². The quantitative estimate of drug-likeness (QED) is 0.444. The zero-order valence-electron chi connectivity index (χ0n) is 18.9. The van der Waals surface area contributed by atoms with E-state index >= 15 is 0 Å². The molecule has 2 aliphatic heterocycles. The van der Waals surface area contributed by atoms with Gasteiger partial charge in [0.15, 0.2) is 0 Å². The van der Waals surface area contributed by atoms with E-state index in [0.29, 0.717) is 24.0 Å². The third-order valence-electron chi connectivity index (χ3n) is 7.06. The summed E-state index contributed by atoms with van der Waals surface area (Å²) in [6, 6.07) is 8.86. The van der Waals surface area contributed by atoms with Gasteiger partial charge in [-0.05, 0) is 36.8 Å². The van der Waals surface area contributed by atoms with Crippen LogP contribution in [-0.2, 0) is 25.6 Å². The highest BCUT2D eigenvalue weighted by Crippen LogP contribution is 2.37. The normalized spacial score (nSPS) is 21.8. The van der Waals surface area contributed by atoms with Crippen LogP contribution in [0.4, 0.5) is 0 Å². The number of ether oxygens (including phenoxy) is 4. The molecule has 164 valence electrons. The first kappa shape index (κ1) is 22.7. The van der Waals surface area contributed by atoms with E-state index in [-0.39, 0.29) is 5.41 Å². The molecule has 1 aromatic rings. The fourth-order valence-electron chi connectivity index (χ4n) is 4.15. The highest BCUT2D eigenvalue weighted by molar-refractivity contribution is 5.24. The summed E-state index contributed by atoms with van der Waals surface area (Å²) in [6.45, 7) is 14.7. The standard InChI is InChI=1S/C25H40O4/c1-5-23(12-24(6-2)15-27-16-24)29-14-21-8-10-22(11-9-21)20(4)13-26-17-25(7-3)18-28-19-25/h8-11,20,23H,5-7,12-19H2,1-4H3. The van der Waals surface area contributed by atoms with Crippen molar-refractivity contribution in [3.8, 4) is 0 Å². The minimum atomic E-state index is 0.263. The van der Waals surface area contributed by atoms with Gasteiger partial charge in [-0.15, -0.1) is 0 Å². The minimum Gasteiger partial charge on any atom is -0.380 e. The first-order chi connectivity index (χ1) is 14.0. The van der Waals surface area contributed by atoms with Crippen molar-refractivity contribution >= 4 is 0 Å². The molecule has 2 atom stereocenters. The molecule has 0 aliphatic carbocycles. The molecule has 29 heavy (non-hydrogen) atoms. The summed E-state index contributed by atoms with van der Waals surface area (Å²) in [5.41, 5.74) is 3.18. The zero-order valence-corrected chi connectivity index (χ0v) is 18.9. The van der Waals surface area contributed by atoms with E-state index in [0.717, 1.165) is 58.9 Å². The van der Waals surface area contributed by atoms with E-state index in [9.17, 15) is 0 Å². The Kier molecular flexibility index (Phi) is 8.15. The van der Waals surface area contributed by atoms with Crippen molar-refractivity contribution in [1.29, 1.82) is 0 Å². The number of hydrogen-bond donors (Lipinski definition) is 0. The Hall–Kier alpha value is -0.940. The molecule has 3 rings (SSSR count). The van der Waals surface area contributed by atoms with Crippen LogP contribution in [-0.4, -0.2) is 45.7 Å². The Labute approximate surface area is 177 Å². The Morgan fingerprint density at radius 2 is 1.55 bits per heavy atom. The molecule has 0 aromatic heterocycles. The van der Waals surface area contributed by atoms with Crippen molar-refractivity contribution < 1.29 is 18.9 Å². The van der Waals surface area contributed by atoms with Gasteiger partial charge in [0.2, 0.25) is 0 Å². The molecule has 0 N–H and O–H groups in total. The van der Waals surface area contributed by atoms with Crippen LogP contribution in [0.5, 0.6) is 0 Å². The SMILES string of the molecule is CCC(CC1(CC)COC1)OCc1ccc(C(C)COCC2(CC)COC2)cc1. The van der Waals surface area contributed by atoms with Crippen molar-refractivity contribution in [2.45, 2.75) is 72.0 Å². The second-order valence-corrected chi connectivity index (χ2v) is 9.40. The Morgan fingerprint density at radius 1 is 0.931 bits per heavy atom. The molecule has 2 saturated heterocycles. The van der Waals surface area contributed by atoms with Gasteiger partial charge in [-0.2, -0.15) is 0 Å². The van der Waals surface area contributed by atoms with Gasteiger partial charge in [-0.25, -0.2) is 0 Å². The average molecular weight is 405 g/mol. The van der Waals surface area contributed by atoms with Crippen LogP contribution in [0.2, 0.25) is 0 Å². The molecule has 4 heteroatoms. The monoisotopic (exact) mass is 404 g/mol. The van der Waals surface area contributed by atoms with Gasteiger partial charge in [0.25, 0.3) is 0 Å². The second-order valence-electron chi connectivity index (χ2n) is 9.40. The van der Waals surface area contributed by atoms with Crippen LogP contribution >= 0.6 is 0 Å². The molecule has 0 bridgehead atoms. The van der Waals surface area contributed by atoms with Gasteiger partial charge in [-0.1, -0.05) is 52.0 Å². The summed E-state index contributed by atoms with van der Waals surface area (Å²) >= 11 is 0. The molecule has 4 nitrogen and oxygen atoms in total. The fourth-order valence-corrected chi connectivity index (χ4v) is 4.15. The van der Waals surface area contributed by atoms with Crippen molar-refractivity contribution in [2.24, 2.45) is 10.8 Å². The first-order valence-electron chi connectivity index (χ1n) is 11.5. The second kappa shape index (κ2) is 10.4. The van der Waals surface area contributed by atoms with Gasteiger partial charge in [0.1, 0.15) is 0 Å². The van der Waals surface area contributed by atoms with Crippen molar-refractivity contribution in [1.82, 2.24) is 0 Å². The number of hydrogen-bond acceptors (Lipinski definition) is 4. The van der Waals surface area contributed by atoms with Crippen LogP contribution in [0, 0.1) is 10.8 Å². The lowest BCUT2D eigenvalue weighted by Crippen LogP contribution is -2.45. The van der Waals surface area contributed by atoms with Gasteiger partial charge < -0.3 is 18.9 Å². The molecule has 1 aromatic carbocycles. The third-order valence-corrected chi connectivity index (χ3v) is 7.06. The third kappa shape index (κ3) is 5.81. The molecular weight excluding hydrogens is 364 g/mol.